The van der Waals surface area contributed by atoms with Crippen LogP contribution in [-0.2, 0) is 4.74 Å². The number of benzene rings is 1. The molecule has 8 heteroatoms. The van der Waals surface area contributed by atoms with Gasteiger partial charge in [-0.15, -0.1) is 11.6 Å². The molecule has 1 amide bonds. The Labute approximate surface area is 120 Å². The summed E-state index contributed by atoms with van der Waals surface area (Å²) in [7, 11) is 1.15. The smallest absolute Gasteiger partial charge is 0.338 e. The minimum Gasteiger partial charge on any atom is -0.465 e. The Kier molecular flexibility index (Phi) is 5.92. The van der Waals surface area contributed by atoms with Gasteiger partial charge in [-0.05, 0) is 12.5 Å². The minimum atomic E-state index is -0.747. The van der Waals surface area contributed by atoms with Crippen LogP contribution in [0.1, 0.15) is 27.1 Å². The quantitative estimate of drug-likeness (QED) is 0.284. The van der Waals surface area contributed by atoms with Crippen molar-refractivity contribution in [3.63, 3.8) is 0 Å². The Morgan fingerprint density at radius 1 is 1.35 bits per heavy atom. The van der Waals surface area contributed by atoms with Gasteiger partial charge in [0.05, 0.1) is 17.6 Å². The third-order valence-corrected chi connectivity index (χ3v) is 2.68. The summed E-state index contributed by atoms with van der Waals surface area (Å²) in [6, 6.07) is 3.40. The van der Waals surface area contributed by atoms with E-state index in [0.717, 1.165) is 19.2 Å². The molecule has 0 aromatic heterocycles. The number of alkyl halides is 1. The number of methoxy groups -OCH3 is 1. The summed E-state index contributed by atoms with van der Waals surface area (Å²) in [5.41, 5.74) is -0.381. The predicted octanol–water partition coefficient (Wildman–Crippen LogP) is 1.74. The molecule has 0 heterocycles. The summed E-state index contributed by atoms with van der Waals surface area (Å²) in [5.74, 6) is -0.865. The van der Waals surface area contributed by atoms with Crippen LogP contribution >= 0.6 is 11.6 Å². The second-order valence-corrected chi connectivity index (χ2v) is 4.19. The Morgan fingerprint density at radius 3 is 2.55 bits per heavy atom. The second kappa shape index (κ2) is 7.44. The number of halogens is 1. The fourth-order valence-electron chi connectivity index (χ4n) is 1.45. The van der Waals surface area contributed by atoms with Crippen molar-refractivity contribution in [2.75, 3.05) is 19.5 Å². The van der Waals surface area contributed by atoms with Crippen LogP contribution in [0.4, 0.5) is 5.69 Å². The van der Waals surface area contributed by atoms with E-state index >= 15 is 0 Å². The van der Waals surface area contributed by atoms with Gasteiger partial charge >= 0.3 is 5.97 Å². The molecule has 0 saturated carbocycles. The van der Waals surface area contributed by atoms with Crippen LogP contribution in [-0.4, -0.2) is 36.3 Å². The highest BCUT2D eigenvalue weighted by molar-refractivity contribution is 6.17. The number of rotatable bonds is 6. The molecule has 0 aliphatic heterocycles. The van der Waals surface area contributed by atoms with Crippen molar-refractivity contribution in [2.45, 2.75) is 6.42 Å². The van der Waals surface area contributed by atoms with E-state index < -0.39 is 16.8 Å². The number of nitrogens with one attached hydrogen (secondary N) is 1. The van der Waals surface area contributed by atoms with E-state index in [4.69, 9.17) is 11.6 Å². The van der Waals surface area contributed by atoms with E-state index in [1.165, 1.54) is 6.07 Å². The Hall–Kier alpha value is -2.15. The lowest BCUT2D eigenvalue weighted by Crippen LogP contribution is -2.25. The lowest BCUT2D eigenvalue weighted by Gasteiger charge is -2.06. The SMILES string of the molecule is COC(=O)c1cc(C(=O)NCCCCl)cc([N+](=O)[O-])c1. The first-order chi connectivity index (χ1) is 9.49. The van der Waals surface area contributed by atoms with Crippen molar-refractivity contribution < 1.29 is 19.2 Å². The van der Waals surface area contributed by atoms with Crippen molar-refractivity contribution in [3.8, 4) is 0 Å². The molecule has 0 spiro atoms. The molecular formula is C12H13ClN2O5. The number of nitrogens with zero attached hydrogens (tertiary/aromatic N) is 1. The van der Waals surface area contributed by atoms with Crippen LogP contribution in [0.15, 0.2) is 18.2 Å². The Balaban J connectivity index is 3.05. The van der Waals surface area contributed by atoms with Gasteiger partial charge < -0.3 is 10.1 Å². The van der Waals surface area contributed by atoms with E-state index in [0.29, 0.717) is 18.8 Å². The number of non-ortho nitro benzene ring substituents is 1. The molecule has 0 atom stereocenters. The van der Waals surface area contributed by atoms with Gasteiger partial charge in [0.1, 0.15) is 0 Å². The summed E-state index contributed by atoms with van der Waals surface area (Å²) in [5, 5.41) is 13.4. The highest BCUT2D eigenvalue weighted by atomic mass is 35.5. The number of amides is 1. The van der Waals surface area contributed by atoms with Crippen LogP contribution < -0.4 is 5.32 Å². The van der Waals surface area contributed by atoms with Crippen LogP contribution in [0.25, 0.3) is 0 Å². The standard InChI is InChI=1S/C12H13ClN2O5/c1-20-12(17)9-5-8(6-10(7-9)15(18)19)11(16)14-4-2-3-13/h5-7H,2-4H2,1H3,(H,14,16). The van der Waals surface area contributed by atoms with Crippen molar-refractivity contribution in [2.24, 2.45) is 0 Å². The third-order valence-electron chi connectivity index (χ3n) is 2.41. The number of carbonyl (C=O) groups excluding carboxylic acids is 2. The molecule has 0 aliphatic rings. The van der Waals surface area contributed by atoms with Crippen molar-refractivity contribution in [1.29, 1.82) is 0 Å². The number of esters is 1. The maximum Gasteiger partial charge on any atom is 0.338 e. The largest absolute Gasteiger partial charge is 0.465 e. The van der Waals surface area contributed by atoms with E-state index in [2.05, 4.69) is 10.1 Å². The number of nitro benzene ring substituents is 1. The summed E-state index contributed by atoms with van der Waals surface area (Å²) in [6.07, 6.45) is 0.575. The number of nitro groups is 1. The molecule has 0 unspecified atom stereocenters. The minimum absolute atomic E-state index is 0.0224. The van der Waals surface area contributed by atoms with Gasteiger partial charge in [0.2, 0.25) is 0 Å². The average molecular weight is 301 g/mol. The van der Waals surface area contributed by atoms with E-state index in [1.807, 2.05) is 0 Å². The molecule has 0 fully saturated rings. The molecule has 1 rings (SSSR count). The van der Waals surface area contributed by atoms with Gasteiger partial charge in [0, 0.05) is 30.1 Å². The first-order valence-corrected chi connectivity index (χ1v) is 6.25. The predicted molar refractivity (Wildman–Crippen MR) is 72.1 cm³/mol. The van der Waals surface area contributed by atoms with Crippen LogP contribution in [0.2, 0.25) is 0 Å². The van der Waals surface area contributed by atoms with E-state index in [1.54, 1.807) is 0 Å². The summed E-state index contributed by atoms with van der Waals surface area (Å²) in [4.78, 5) is 33.4. The normalized spacial score (nSPS) is 9.90. The molecule has 0 aliphatic carbocycles. The molecule has 20 heavy (non-hydrogen) atoms. The molecule has 7 nitrogen and oxygen atoms in total. The molecule has 108 valence electrons. The van der Waals surface area contributed by atoms with Crippen molar-refractivity contribution >= 4 is 29.2 Å². The average Bonchev–Trinajstić information content (AvgIpc) is 2.45. The topological polar surface area (TPSA) is 98.5 Å². The van der Waals surface area contributed by atoms with Crippen molar-refractivity contribution in [1.82, 2.24) is 5.32 Å². The zero-order chi connectivity index (χ0) is 15.1. The van der Waals surface area contributed by atoms with Gasteiger partial charge in [-0.25, -0.2) is 4.79 Å². The van der Waals surface area contributed by atoms with Crippen LogP contribution in [0, 0.1) is 10.1 Å². The third kappa shape index (κ3) is 4.20. The van der Waals surface area contributed by atoms with Gasteiger partial charge in [0.25, 0.3) is 11.6 Å². The lowest BCUT2D eigenvalue weighted by molar-refractivity contribution is -0.384. The Morgan fingerprint density at radius 2 is 2.00 bits per heavy atom. The van der Waals surface area contributed by atoms with Crippen LogP contribution in [0.3, 0.4) is 0 Å². The first kappa shape index (κ1) is 15.9. The van der Waals surface area contributed by atoms with Crippen LogP contribution in [0.5, 0.6) is 0 Å². The molecule has 1 aromatic carbocycles. The summed E-state index contributed by atoms with van der Waals surface area (Å²) < 4.78 is 4.49. The monoisotopic (exact) mass is 300 g/mol. The zero-order valence-corrected chi connectivity index (χ0v) is 11.5. The van der Waals surface area contributed by atoms with Gasteiger partial charge in [-0.3, -0.25) is 14.9 Å². The molecule has 0 saturated heterocycles. The van der Waals surface area contributed by atoms with E-state index in [-0.39, 0.29) is 16.8 Å². The van der Waals surface area contributed by atoms with Gasteiger partial charge in [-0.2, -0.15) is 0 Å². The lowest BCUT2D eigenvalue weighted by atomic mass is 10.1. The second-order valence-electron chi connectivity index (χ2n) is 3.82. The summed E-state index contributed by atoms with van der Waals surface area (Å²) in [6.45, 7) is 0.346. The number of hydrogen-bond acceptors (Lipinski definition) is 5. The molecule has 1 aromatic rings. The maximum absolute atomic E-state index is 11.8. The number of hydrogen-bond donors (Lipinski definition) is 1. The maximum atomic E-state index is 11.8. The van der Waals surface area contributed by atoms with E-state index in [9.17, 15) is 19.7 Å². The fraction of sp³-hybridized carbons (Fsp3) is 0.333. The number of carbonyl (C=O) groups is 2. The zero-order valence-electron chi connectivity index (χ0n) is 10.7. The highest BCUT2D eigenvalue weighted by Crippen LogP contribution is 2.18. The van der Waals surface area contributed by atoms with Gasteiger partial charge in [0.15, 0.2) is 0 Å². The first-order valence-electron chi connectivity index (χ1n) is 5.71. The Bertz CT molecular complexity index is 533. The van der Waals surface area contributed by atoms with Gasteiger partial charge in [-0.1, -0.05) is 0 Å². The fourth-order valence-corrected chi connectivity index (χ4v) is 1.59. The number of ether oxygens (including phenoxy) is 1. The van der Waals surface area contributed by atoms with Crippen molar-refractivity contribution in [3.05, 3.63) is 39.4 Å². The summed E-state index contributed by atoms with van der Waals surface area (Å²) >= 11 is 5.48. The molecule has 0 radical (unpaired) electrons. The molecular weight excluding hydrogens is 288 g/mol. The highest BCUT2D eigenvalue weighted by Gasteiger charge is 2.18. The molecule has 0 bridgehead atoms. The molecule has 1 N–H and O–H groups in total.